The first kappa shape index (κ1) is 23.4. The number of carbonyl (C=O) groups excluding carboxylic acids is 1. The molecule has 0 fully saturated rings. The number of aromatic amines is 1. The molecule has 0 spiro atoms. The van der Waals surface area contributed by atoms with Crippen molar-refractivity contribution in [2.45, 2.75) is 20.0 Å². The third-order valence-electron chi connectivity index (χ3n) is 5.42. The zero-order valence-corrected chi connectivity index (χ0v) is 18.9. The Bertz CT molecular complexity index is 1510. The van der Waals surface area contributed by atoms with Crippen LogP contribution in [0.15, 0.2) is 59.5 Å². The number of nitrogen functional groups attached to an aromatic ring is 1. The molecule has 35 heavy (non-hydrogen) atoms. The number of nitrogens with one attached hydrogen (secondary N) is 2. The van der Waals surface area contributed by atoms with Gasteiger partial charge in [0.25, 0.3) is 11.5 Å². The molecule has 2 heterocycles. The van der Waals surface area contributed by atoms with Gasteiger partial charge in [-0.1, -0.05) is 25.1 Å². The smallest absolute Gasteiger partial charge is 0.263 e. The van der Waals surface area contributed by atoms with E-state index in [-0.39, 0.29) is 23.4 Å². The standard InChI is InChI=1S/C26H22FN5O3/c1-2-10-30-25(33)22-23(29)19-5-3-4-18(24(19)32-26(22)34)20-11-17(8-9-21(20)27)35-14-16-7-6-15(12-28)13-31-16/h3-9,11,13H,2,10,14H2,1H3,(H,30,33)(H3,29,32,34). The van der Waals surface area contributed by atoms with Crippen molar-refractivity contribution in [1.29, 1.82) is 5.26 Å². The average molecular weight is 471 g/mol. The number of nitriles is 1. The quantitative estimate of drug-likeness (QED) is 0.374. The minimum Gasteiger partial charge on any atom is -0.487 e. The number of aromatic nitrogens is 2. The highest BCUT2D eigenvalue weighted by atomic mass is 19.1. The van der Waals surface area contributed by atoms with Crippen molar-refractivity contribution in [1.82, 2.24) is 15.3 Å². The maximum atomic E-state index is 14.9. The fourth-order valence-corrected chi connectivity index (χ4v) is 3.66. The van der Waals surface area contributed by atoms with Crippen LogP contribution in [0.25, 0.3) is 22.0 Å². The Morgan fingerprint density at radius 1 is 1.23 bits per heavy atom. The second-order valence-corrected chi connectivity index (χ2v) is 7.81. The van der Waals surface area contributed by atoms with Crippen LogP contribution in [0.2, 0.25) is 0 Å². The minimum atomic E-state index is -0.657. The summed E-state index contributed by atoms with van der Waals surface area (Å²) in [6.45, 7) is 2.42. The van der Waals surface area contributed by atoms with E-state index in [1.54, 1.807) is 30.3 Å². The van der Waals surface area contributed by atoms with Gasteiger partial charge in [0.1, 0.15) is 29.8 Å². The number of ether oxygens (including phenoxy) is 1. The van der Waals surface area contributed by atoms with Crippen molar-refractivity contribution >= 4 is 22.5 Å². The lowest BCUT2D eigenvalue weighted by Crippen LogP contribution is -2.31. The molecule has 4 aromatic rings. The third-order valence-corrected chi connectivity index (χ3v) is 5.42. The van der Waals surface area contributed by atoms with E-state index in [1.807, 2.05) is 13.0 Å². The van der Waals surface area contributed by atoms with Gasteiger partial charge in [-0.2, -0.15) is 5.26 Å². The van der Waals surface area contributed by atoms with Crippen molar-refractivity contribution < 1.29 is 13.9 Å². The largest absolute Gasteiger partial charge is 0.487 e. The molecule has 0 radical (unpaired) electrons. The second-order valence-electron chi connectivity index (χ2n) is 7.81. The molecular weight excluding hydrogens is 449 g/mol. The minimum absolute atomic E-state index is 0.0268. The number of H-pyrrole nitrogens is 1. The number of amides is 1. The number of rotatable bonds is 7. The lowest BCUT2D eigenvalue weighted by molar-refractivity contribution is 0.0953. The average Bonchev–Trinajstić information content (AvgIpc) is 2.87. The number of fused-ring (bicyclic) bond motifs is 1. The van der Waals surface area contributed by atoms with Crippen LogP contribution in [0.3, 0.4) is 0 Å². The van der Waals surface area contributed by atoms with Gasteiger partial charge in [0.05, 0.1) is 22.5 Å². The van der Waals surface area contributed by atoms with E-state index in [9.17, 15) is 14.0 Å². The van der Waals surface area contributed by atoms with Gasteiger partial charge < -0.3 is 20.8 Å². The predicted octanol–water partition coefficient (Wildman–Crippen LogP) is 3.90. The van der Waals surface area contributed by atoms with Gasteiger partial charge in [-0.25, -0.2) is 4.39 Å². The Kier molecular flexibility index (Phi) is 6.73. The number of pyridine rings is 2. The van der Waals surface area contributed by atoms with Crippen molar-refractivity contribution in [3.63, 3.8) is 0 Å². The van der Waals surface area contributed by atoms with Gasteiger partial charge in [-0.15, -0.1) is 0 Å². The lowest BCUT2D eigenvalue weighted by Gasteiger charge is -2.13. The van der Waals surface area contributed by atoms with Gasteiger partial charge in [-0.3, -0.25) is 14.6 Å². The Labute approximate surface area is 200 Å². The molecule has 0 aliphatic heterocycles. The Morgan fingerprint density at radius 2 is 2.06 bits per heavy atom. The SMILES string of the molecule is CCCNC(=O)c1c(N)c2cccc(-c3cc(OCc4ccc(C#N)cn4)ccc3F)c2[nH]c1=O. The number of carbonyl (C=O) groups is 1. The summed E-state index contributed by atoms with van der Waals surface area (Å²) in [6, 6.07) is 14.6. The van der Waals surface area contributed by atoms with E-state index in [2.05, 4.69) is 15.3 Å². The second kappa shape index (κ2) is 10.1. The predicted molar refractivity (Wildman–Crippen MR) is 130 cm³/mol. The van der Waals surface area contributed by atoms with Crippen molar-refractivity contribution in [2.24, 2.45) is 0 Å². The zero-order chi connectivity index (χ0) is 24.9. The summed E-state index contributed by atoms with van der Waals surface area (Å²) >= 11 is 0. The summed E-state index contributed by atoms with van der Waals surface area (Å²) in [5.74, 6) is -0.697. The molecule has 0 bridgehead atoms. The molecule has 0 unspecified atom stereocenters. The highest BCUT2D eigenvalue weighted by Crippen LogP contribution is 2.34. The number of benzene rings is 2. The molecule has 4 N–H and O–H groups in total. The van der Waals surface area contributed by atoms with Gasteiger partial charge in [-0.05, 0) is 36.8 Å². The van der Waals surface area contributed by atoms with Crippen LogP contribution < -0.4 is 21.3 Å². The molecule has 4 rings (SSSR count). The summed E-state index contributed by atoms with van der Waals surface area (Å²) in [6.07, 6.45) is 2.16. The number of hydrogen-bond donors (Lipinski definition) is 3. The topological polar surface area (TPSA) is 134 Å². The number of halogens is 1. The zero-order valence-electron chi connectivity index (χ0n) is 18.9. The molecule has 0 atom stereocenters. The lowest BCUT2D eigenvalue weighted by atomic mass is 9.99. The molecule has 176 valence electrons. The third kappa shape index (κ3) is 4.82. The first-order valence-corrected chi connectivity index (χ1v) is 10.9. The van der Waals surface area contributed by atoms with Crippen LogP contribution in [0, 0.1) is 17.1 Å². The normalized spacial score (nSPS) is 10.7. The molecule has 8 nitrogen and oxygen atoms in total. The monoisotopic (exact) mass is 471 g/mol. The van der Waals surface area contributed by atoms with Crippen LogP contribution >= 0.6 is 0 Å². The van der Waals surface area contributed by atoms with Gasteiger partial charge in [0.2, 0.25) is 0 Å². The van der Waals surface area contributed by atoms with E-state index < -0.39 is 17.3 Å². The first-order valence-electron chi connectivity index (χ1n) is 10.9. The summed E-state index contributed by atoms with van der Waals surface area (Å²) in [5, 5.41) is 12.0. The molecule has 0 saturated carbocycles. The van der Waals surface area contributed by atoms with Crippen LogP contribution in [-0.4, -0.2) is 22.4 Å². The summed E-state index contributed by atoms with van der Waals surface area (Å²) < 4.78 is 20.7. The molecule has 9 heteroatoms. The van der Waals surface area contributed by atoms with E-state index in [0.29, 0.717) is 46.4 Å². The van der Waals surface area contributed by atoms with Crippen LogP contribution in [0.5, 0.6) is 5.75 Å². The number of nitrogens with zero attached hydrogens (tertiary/aromatic N) is 2. The summed E-state index contributed by atoms with van der Waals surface area (Å²) in [5.41, 5.74) is 7.35. The van der Waals surface area contributed by atoms with E-state index in [4.69, 9.17) is 15.7 Å². The number of para-hydroxylation sites is 1. The molecule has 2 aromatic carbocycles. The van der Waals surface area contributed by atoms with Crippen molar-refractivity contribution in [3.8, 4) is 22.9 Å². The van der Waals surface area contributed by atoms with Crippen LogP contribution in [-0.2, 0) is 6.61 Å². The van der Waals surface area contributed by atoms with Crippen molar-refractivity contribution in [2.75, 3.05) is 12.3 Å². The number of nitrogens with two attached hydrogens (primary N) is 1. The molecule has 0 saturated heterocycles. The van der Waals surface area contributed by atoms with Gasteiger partial charge in [0.15, 0.2) is 0 Å². The Morgan fingerprint density at radius 3 is 2.77 bits per heavy atom. The Balaban J connectivity index is 1.71. The van der Waals surface area contributed by atoms with Gasteiger partial charge in [0, 0.05) is 29.3 Å². The van der Waals surface area contributed by atoms with Gasteiger partial charge >= 0.3 is 0 Å². The molecular formula is C26H22FN5O3. The summed E-state index contributed by atoms with van der Waals surface area (Å²) in [4.78, 5) is 32.1. The van der Waals surface area contributed by atoms with Crippen LogP contribution in [0.4, 0.5) is 10.1 Å². The fraction of sp³-hybridized carbons (Fsp3) is 0.154. The number of hydrogen-bond acceptors (Lipinski definition) is 6. The summed E-state index contributed by atoms with van der Waals surface area (Å²) in [7, 11) is 0. The van der Waals surface area contributed by atoms with E-state index >= 15 is 0 Å². The highest BCUT2D eigenvalue weighted by Gasteiger charge is 2.20. The molecule has 0 aliphatic carbocycles. The molecule has 0 aliphatic rings. The molecule has 2 aromatic heterocycles. The first-order chi connectivity index (χ1) is 16.9. The van der Waals surface area contributed by atoms with E-state index in [0.717, 1.165) is 0 Å². The van der Waals surface area contributed by atoms with Crippen LogP contribution in [0.1, 0.15) is 35.0 Å². The highest BCUT2D eigenvalue weighted by molar-refractivity contribution is 6.09. The number of anilines is 1. The maximum Gasteiger partial charge on any atom is 0.263 e. The molecule has 1 amide bonds. The van der Waals surface area contributed by atoms with E-state index in [1.165, 1.54) is 24.4 Å². The Hall–Kier alpha value is -4.71. The maximum absolute atomic E-state index is 14.9. The fourth-order valence-electron chi connectivity index (χ4n) is 3.66. The van der Waals surface area contributed by atoms with Crippen molar-refractivity contribution in [3.05, 3.63) is 87.7 Å².